The normalized spacial score (nSPS) is 11.5. The van der Waals surface area contributed by atoms with E-state index in [0.29, 0.717) is 11.3 Å². The lowest BCUT2D eigenvalue weighted by Crippen LogP contribution is -2.81. The molecule has 1 heterocycles. The fourth-order valence-corrected chi connectivity index (χ4v) is 7.78. The monoisotopic (exact) mass is 1050 g/mol. The maximum atomic E-state index is 15.4. The number of nitrogens with zero attached hydrogens (tertiary/aromatic N) is 2. The molecular weight excluding hydrogens is 1030 g/mol. The van der Waals surface area contributed by atoms with Gasteiger partial charge in [0.05, 0.1) is 6.20 Å². The molecule has 0 fully saturated rings. The molecule has 376 valence electrons. The average molecular weight is 1050 g/mol. The fourth-order valence-electron chi connectivity index (χ4n) is 7.78. The predicted octanol–water partition coefficient (Wildman–Crippen LogP) is 9.47. The van der Waals surface area contributed by atoms with Crippen LogP contribution in [0.15, 0.2) is 91.4 Å². The van der Waals surface area contributed by atoms with Crippen molar-refractivity contribution in [2.75, 3.05) is 0 Å². The minimum absolute atomic E-state index is 0.0503. The second-order valence-electron chi connectivity index (χ2n) is 15.1. The van der Waals surface area contributed by atoms with Gasteiger partial charge < -0.3 is 4.74 Å². The maximum absolute atomic E-state index is 15.4. The first kappa shape index (κ1) is 52.5. The van der Waals surface area contributed by atoms with Gasteiger partial charge in [-0.15, -0.1) is 21.9 Å². The molecule has 5 nitrogen and oxygen atoms in total. The molecule has 0 bridgehead atoms. The van der Waals surface area contributed by atoms with Crippen molar-refractivity contribution in [2.24, 2.45) is 0 Å². The molecule has 0 spiro atoms. The van der Waals surface area contributed by atoms with Gasteiger partial charge in [0.15, 0.2) is 76.0 Å². The van der Waals surface area contributed by atoms with E-state index in [1.54, 1.807) is 29.0 Å². The number of ether oxygens (including phenoxy) is 1. The third-order valence-electron chi connectivity index (χ3n) is 11.0. The molecule has 0 saturated heterocycles. The summed E-state index contributed by atoms with van der Waals surface area (Å²) in [6.45, 7) is 0.114. The molecule has 73 heavy (non-hydrogen) atoms. The van der Waals surface area contributed by atoms with Gasteiger partial charge >= 0.3 is 5.97 Å². The van der Waals surface area contributed by atoms with Gasteiger partial charge in [-0.25, -0.2) is 97.6 Å². The van der Waals surface area contributed by atoms with Crippen molar-refractivity contribution in [3.8, 4) is 5.75 Å². The third kappa shape index (κ3) is 8.83. The van der Waals surface area contributed by atoms with E-state index in [1.165, 1.54) is 12.4 Å². The first-order chi connectivity index (χ1) is 34.4. The number of hydrogen-bond acceptors (Lipinski definition) is 4. The van der Waals surface area contributed by atoms with E-state index in [4.69, 9.17) is 4.74 Å². The molecule has 0 atom stereocenters. The highest BCUT2D eigenvalue weighted by Gasteiger charge is 2.52. The smallest absolute Gasteiger partial charge is 0.368 e. The molecule has 0 N–H and O–H groups in total. The van der Waals surface area contributed by atoms with E-state index in [0.717, 1.165) is 10.8 Å². The van der Waals surface area contributed by atoms with Crippen LogP contribution >= 0.6 is 0 Å². The Morgan fingerprint density at radius 3 is 1.15 bits per heavy atom. The van der Waals surface area contributed by atoms with Crippen molar-refractivity contribution in [2.45, 2.75) is 6.54 Å². The van der Waals surface area contributed by atoms with Crippen LogP contribution in [0.25, 0.3) is 10.8 Å². The van der Waals surface area contributed by atoms with E-state index in [-0.39, 0.29) is 18.0 Å². The van der Waals surface area contributed by atoms with Gasteiger partial charge in [-0.2, -0.15) is 4.57 Å². The number of Topliss-reactive ketones (excluding diaryl/α,β-unsaturated/α-hetero) is 1. The van der Waals surface area contributed by atoms with Gasteiger partial charge in [0.25, 0.3) is 0 Å². The summed E-state index contributed by atoms with van der Waals surface area (Å²) in [5.41, 5.74) is -13.6. The Bertz CT molecular complexity index is 3200. The van der Waals surface area contributed by atoms with Crippen LogP contribution in [0.1, 0.15) is 20.8 Å². The predicted molar refractivity (Wildman–Crippen MR) is 213 cm³/mol. The summed E-state index contributed by atoms with van der Waals surface area (Å²) in [6.07, 6.45) is -2.57. The SMILES string of the molecule is Fc1c(F)c(F)c([B-](c2c(F)c(F)c(F)c(F)c2F)(c2c(F)c(F)c(F)c(F)c2F)c2c(F)c(F)c(F)c(F)c2F)c(F)c1F.O=C(C[n+]1ccnc(C(=O)Oc2ccc3ccccc3c2)c1)c1ccccc1. The Hall–Kier alpha value is -8.32. The minimum atomic E-state index is -7.22. The number of fused-ring (bicyclic) bond motifs is 1. The molecule has 0 aliphatic rings. The van der Waals surface area contributed by atoms with Crippen LogP contribution in [0.2, 0.25) is 0 Å². The van der Waals surface area contributed by atoms with Crippen LogP contribution in [0.5, 0.6) is 5.75 Å². The van der Waals surface area contributed by atoms with E-state index >= 15 is 35.1 Å². The second-order valence-corrected chi connectivity index (χ2v) is 15.1. The number of carbonyl (C=O) groups is 2. The van der Waals surface area contributed by atoms with Crippen molar-refractivity contribution in [1.29, 1.82) is 0 Å². The molecule has 8 aromatic rings. The minimum Gasteiger partial charge on any atom is -0.422 e. The van der Waals surface area contributed by atoms with E-state index in [1.807, 2.05) is 54.6 Å². The second kappa shape index (κ2) is 20.1. The Balaban J connectivity index is 0.000000237. The Kier molecular flexibility index (Phi) is 14.4. The first-order valence-corrected chi connectivity index (χ1v) is 19.8. The van der Waals surface area contributed by atoms with Gasteiger partial charge in [-0.3, -0.25) is 4.79 Å². The summed E-state index contributed by atoms with van der Waals surface area (Å²) in [5, 5.41) is 2.05. The van der Waals surface area contributed by atoms with E-state index in [9.17, 15) is 62.3 Å². The summed E-state index contributed by atoms with van der Waals surface area (Å²) in [6, 6.07) is 22.3. The molecule has 0 saturated carbocycles. The topological polar surface area (TPSA) is 60.1 Å². The number of benzene rings is 7. The van der Waals surface area contributed by atoms with Gasteiger partial charge in [0, 0.05) is 5.56 Å². The van der Waals surface area contributed by atoms with Crippen molar-refractivity contribution in [3.05, 3.63) is 219 Å². The third-order valence-corrected chi connectivity index (χ3v) is 11.0. The summed E-state index contributed by atoms with van der Waals surface area (Å²) >= 11 is 0. The first-order valence-electron chi connectivity index (χ1n) is 19.8. The lowest BCUT2D eigenvalue weighted by molar-refractivity contribution is -0.683. The molecule has 7 aromatic carbocycles. The number of rotatable bonds is 9. The zero-order valence-corrected chi connectivity index (χ0v) is 35.1. The van der Waals surface area contributed by atoms with Crippen LogP contribution in [0.3, 0.4) is 0 Å². The molecular formula is C47H17BF20N2O3. The number of esters is 1. The fraction of sp³-hybridized carbons (Fsp3) is 0.0213. The Morgan fingerprint density at radius 2 is 0.767 bits per heavy atom. The lowest BCUT2D eigenvalue weighted by Gasteiger charge is -2.44. The van der Waals surface area contributed by atoms with Crippen molar-refractivity contribution in [3.63, 3.8) is 0 Å². The molecule has 0 unspecified atom stereocenters. The molecule has 8 rings (SSSR count). The van der Waals surface area contributed by atoms with Gasteiger partial charge in [-0.05, 0) is 22.9 Å². The number of halogens is 20. The maximum Gasteiger partial charge on any atom is 0.368 e. The molecule has 1 aromatic heterocycles. The number of hydrogen-bond donors (Lipinski definition) is 0. The molecule has 0 amide bonds. The van der Waals surface area contributed by atoms with Crippen LogP contribution in [0, 0.1) is 116 Å². The van der Waals surface area contributed by atoms with Crippen molar-refractivity contribution in [1.82, 2.24) is 4.98 Å². The Morgan fingerprint density at radius 1 is 0.425 bits per heavy atom. The van der Waals surface area contributed by atoms with Crippen LogP contribution in [0.4, 0.5) is 87.8 Å². The summed E-state index contributed by atoms with van der Waals surface area (Å²) in [7, 11) is 0. The average Bonchev–Trinajstić information content (AvgIpc) is 3.39. The lowest BCUT2D eigenvalue weighted by atomic mass is 9.12. The highest BCUT2D eigenvalue weighted by atomic mass is 19.2. The molecule has 26 heteroatoms. The standard InChI is InChI=1S/C24BF20.C23H17N2O3/c26-5-1(6(27)14(35)21(42)13(5)34)25(2-7(28)15(36)22(43)16(37)8(2)29,3-9(30)17(38)23(44)18(39)10(3)31)4-11(32)19(40)24(45)20(41)12(4)33;26-22(18-7-2-1-3-8-18)16-25-13-12-24-21(15-25)23(27)28-20-11-10-17-6-4-5-9-19(17)14-20/h;1-15H,16H2/q-1;+1. The number of ketones is 1. The number of carbonyl (C=O) groups excluding carboxylic acids is 2. The van der Waals surface area contributed by atoms with Crippen molar-refractivity contribution < 1.29 is 107 Å². The van der Waals surface area contributed by atoms with Crippen molar-refractivity contribution >= 4 is 50.5 Å². The summed E-state index contributed by atoms with van der Waals surface area (Å²) < 4.78 is 301. The van der Waals surface area contributed by atoms with Crippen LogP contribution < -0.4 is 31.2 Å². The molecule has 0 radical (unpaired) electrons. The quantitative estimate of drug-likeness (QED) is 0.0212. The van der Waals surface area contributed by atoms with Crippen LogP contribution in [-0.2, 0) is 6.54 Å². The molecule has 0 aliphatic heterocycles. The van der Waals surface area contributed by atoms with E-state index in [2.05, 4.69) is 4.98 Å². The van der Waals surface area contributed by atoms with Gasteiger partial charge in [0.1, 0.15) is 58.4 Å². The summed E-state index contributed by atoms with van der Waals surface area (Å²) in [5.74, 6) is -71.6. The zero-order valence-electron chi connectivity index (χ0n) is 35.1. The van der Waals surface area contributed by atoms with Gasteiger partial charge in [-0.1, -0.05) is 60.7 Å². The van der Waals surface area contributed by atoms with Crippen LogP contribution in [-0.4, -0.2) is 22.9 Å². The van der Waals surface area contributed by atoms with E-state index < -0.39 is 150 Å². The highest BCUT2D eigenvalue weighted by molar-refractivity contribution is 7.20. The molecule has 0 aliphatic carbocycles. The summed E-state index contributed by atoms with van der Waals surface area (Å²) in [4.78, 5) is 28.9. The largest absolute Gasteiger partial charge is 0.422 e. The zero-order chi connectivity index (χ0) is 53.7. The van der Waals surface area contributed by atoms with Gasteiger partial charge in [0.2, 0.25) is 24.2 Å². The number of aromatic nitrogens is 2. The Labute approximate surface area is 393 Å². The highest BCUT2D eigenvalue weighted by Crippen LogP contribution is 2.31.